The largest absolute Gasteiger partial charge is 0.371 e. The summed E-state index contributed by atoms with van der Waals surface area (Å²) in [5, 5.41) is 12.2. The molecule has 1 aliphatic carbocycles. The molecule has 0 N–H and O–H groups in total. The van der Waals surface area contributed by atoms with Crippen molar-refractivity contribution in [3.8, 4) is 6.07 Å². The summed E-state index contributed by atoms with van der Waals surface area (Å²) in [6, 6.07) is 10.9. The first-order valence-electron chi connectivity index (χ1n) is 8.54. The summed E-state index contributed by atoms with van der Waals surface area (Å²) in [7, 11) is 2.24. The van der Waals surface area contributed by atoms with Gasteiger partial charge in [-0.1, -0.05) is 0 Å². The average Bonchev–Trinajstić information content (AvgIpc) is 3.07. The molecule has 2 fully saturated rings. The standard InChI is InChI=1S/C19H22N4S/c1-22(14-18-21-8-11-24-18)17-12-19(17)6-9-23(10-7-19)16-4-2-15(13-20)3-5-16/h2-5,8,11,17H,6-7,9-10,12,14H2,1H3. The number of hydrogen-bond acceptors (Lipinski definition) is 5. The zero-order valence-corrected chi connectivity index (χ0v) is 14.8. The van der Waals surface area contributed by atoms with Crippen molar-refractivity contribution in [1.82, 2.24) is 9.88 Å². The molecule has 4 nitrogen and oxygen atoms in total. The second-order valence-electron chi connectivity index (χ2n) is 7.07. The van der Waals surface area contributed by atoms with Crippen LogP contribution in [0.5, 0.6) is 0 Å². The number of thiazole rings is 1. The third-order valence-electron chi connectivity index (χ3n) is 5.67. The molecule has 1 saturated carbocycles. The molecule has 1 aromatic heterocycles. The van der Waals surface area contributed by atoms with Crippen LogP contribution in [0.2, 0.25) is 0 Å². The minimum atomic E-state index is 0.523. The predicted molar refractivity (Wildman–Crippen MR) is 97.0 cm³/mol. The van der Waals surface area contributed by atoms with Crippen LogP contribution in [0, 0.1) is 16.7 Å². The van der Waals surface area contributed by atoms with E-state index in [0.717, 1.165) is 25.2 Å². The van der Waals surface area contributed by atoms with E-state index >= 15 is 0 Å². The van der Waals surface area contributed by atoms with Gasteiger partial charge in [0.25, 0.3) is 0 Å². The third-order valence-corrected chi connectivity index (χ3v) is 6.43. The molecule has 5 heteroatoms. The van der Waals surface area contributed by atoms with E-state index in [2.05, 4.69) is 45.4 Å². The molecule has 2 aromatic rings. The fraction of sp³-hybridized carbons (Fsp3) is 0.474. The maximum atomic E-state index is 8.92. The molecule has 24 heavy (non-hydrogen) atoms. The van der Waals surface area contributed by atoms with Gasteiger partial charge in [-0.05, 0) is 56.0 Å². The summed E-state index contributed by atoms with van der Waals surface area (Å²) in [5.41, 5.74) is 2.50. The zero-order valence-electron chi connectivity index (χ0n) is 14.0. The third kappa shape index (κ3) is 2.92. The Labute approximate surface area is 147 Å². The van der Waals surface area contributed by atoms with Gasteiger partial charge in [-0.2, -0.15) is 5.26 Å². The van der Waals surface area contributed by atoms with Crippen molar-refractivity contribution in [2.45, 2.75) is 31.8 Å². The average molecular weight is 338 g/mol. The van der Waals surface area contributed by atoms with Crippen LogP contribution in [0.1, 0.15) is 29.8 Å². The van der Waals surface area contributed by atoms with Crippen molar-refractivity contribution in [2.75, 3.05) is 25.0 Å². The first kappa shape index (κ1) is 15.6. The lowest BCUT2D eigenvalue weighted by Gasteiger charge is -2.35. The number of rotatable bonds is 4. The Bertz CT molecular complexity index is 724. The van der Waals surface area contributed by atoms with Gasteiger partial charge in [0.15, 0.2) is 0 Å². The smallest absolute Gasteiger partial charge is 0.107 e. The molecule has 1 saturated heterocycles. The number of anilines is 1. The van der Waals surface area contributed by atoms with Gasteiger partial charge in [-0.25, -0.2) is 4.98 Å². The quantitative estimate of drug-likeness (QED) is 0.856. The van der Waals surface area contributed by atoms with Crippen LogP contribution in [0.3, 0.4) is 0 Å². The maximum Gasteiger partial charge on any atom is 0.107 e. The highest BCUT2D eigenvalue weighted by Gasteiger charge is 2.56. The second-order valence-corrected chi connectivity index (χ2v) is 8.05. The van der Waals surface area contributed by atoms with Crippen molar-refractivity contribution in [2.24, 2.45) is 5.41 Å². The van der Waals surface area contributed by atoms with Crippen LogP contribution in [0.25, 0.3) is 0 Å². The molecule has 1 spiro atoms. The normalized spacial score (nSPS) is 21.9. The van der Waals surface area contributed by atoms with E-state index in [0.29, 0.717) is 11.5 Å². The number of benzene rings is 1. The van der Waals surface area contributed by atoms with Crippen molar-refractivity contribution >= 4 is 17.0 Å². The van der Waals surface area contributed by atoms with E-state index < -0.39 is 0 Å². The summed E-state index contributed by atoms with van der Waals surface area (Å²) in [6.45, 7) is 3.21. The molecule has 1 atom stereocenters. The number of hydrogen-bond donors (Lipinski definition) is 0. The molecule has 1 aliphatic heterocycles. The van der Waals surface area contributed by atoms with E-state index in [1.807, 2.05) is 18.3 Å². The van der Waals surface area contributed by atoms with E-state index in [4.69, 9.17) is 5.26 Å². The maximum absolute atomic E-state index is 8.92. The Hall–Kier alpha value is -1.90. The molecule has 124 valence electrons. The van der Waals surface area contributed by atoms with Gasteiger partial charge in [0.1, 0.15) is 5.01 Å². The number of nitriles is 1. The molecule has 1 unspecified atom stereocenters. The van der Waals surface area contributed by atoms with Gasteiger partial charge < -0.3 is 4.90 Å². The van der Waals surface area contributed by atoms with Gasteiger partial charge in [-0.3, -0.25) is 4.90 Å². The van der Waals surface area contributed by atoms with Gasteiger partial charge in [-0.15, -0.1) is 11.3 Å². The zero-order chi connectivity index (χ0) is 16.6. The SMILES string of the molecule is CN(Cc1nccs1)C1CC12CCN(c1ccc(C#N)cc1)CC2. The lowest BCUT2D eigenvalue weighted by molar-refractivity contribution is 0.239. The topological polar surface area (TPSA) is 43.2 Å². The van der Waals surface area contributed by atoms with Crippen LogP contribution in [0.4, 0.5) is 5.69 Å². The molecule has 1 aromatic carbocycles. The van der Waals surface area contributed by atoms with Crippen molar-refractivity contribution in [3.05, 3.63) is 46.4 Å². The Morgan fingerprint density at radius 3 is 2.71 bits per heavy atom. The summed E-state index contributed by atoms with van der Waals surface area (Å²) < 4.78 is 0. The Balaban J connectivity index is 1.34. The molecule has 4 rings (SSSR count). The second kappa shape index (κ2) is 6.19. The van der Waals surface area contributed by atoms with E-state index in [1.165, 1.54) is 30.0 Å². The highest BCUT2D eigenvalue weighted by Crippen LogP contribution is 2.56. The first-order chi connectivity index (χ1) is 11.7. The van der Waals surface area contributed by atoms with Crippen LogP contribution in [-0.4, -0.2) is 36.1 Å². The van der Waals surface area contributed by atoms with Crippen molar-refractivity contribution in [1.29, 1.82) is 5.26 Å². The Kier molecular flexibility index (Phi) is 4.03. The van der Waals surface area contributed by atoms with Gasteiger partial charge in [0.2, 0.25) is 0 Å². The Morgan fingerprint density at radius 2 is 2.08 bits per heavy atom. The fourth-order valence-corrected chi connectivity index (χ4v) is 4.78. The van der Waals surface area contributed by atoms with Crippen LogP contribution < -0.4 is 4.90 Å². The van der Waals surface area contributed by atoms with E-state index in [9.17, 15) is 0 Å². The molecule has 0 amide bonds. The fourth-order valence-electron chi connectivity index (χ4n) is 4.10. The molecule has 0 radical (unpaired) electrons. The van der Waals surface area contributed by atoms with Gasteiger partial charge in [0, 0.05) is 36.4 Å². The molecule has 2 heterocycles. The lowest BCUT2D eigenvalue weighted by Crippen LogP contribution is -2.37. The summed E-state index contributed by atoms with van der Waals surface area (Å²) in [6.07, 6.45) is 5.75. The lowest BCUT2D eigenvalue weighted by atomic mass is 9.92. The molecule has 2 aliphatic rings. The number of nitrogens with zero attached hydrogens (tertiary/aromatic N) is 4. The molecular weight excluding hydrogens is 316 g/mol. The Morgan fingerprint density at radius 1 is 1.33 bits per heavy atom. The predicted octanol–water partition coefficient (Wildman–Crippen LogP) is 3.51. The highest BCUT2D eigenvalue weighted by molar-refractivity contribution is 7.09. The van der Waals surface area contributed by atoms with Crippen molar-refractivity contribution in [3.63, 3.8) is 0 Å². The monoisotopic (exact) mass is 338 g/mol. The van der Waals surface area contributed by atoms with Gasteiger partial charge >= 0.3 is 0 Å². The van der Waals surface area contributed by atoms with E-state index in [1.54, 1.807) is 11.3 Å². The van der Waals surface area contributed by atoms with Crippen LogP contribution in [-0.2, 0) is 6.54 Å². The summed E-state index contributed by atoms with van der Waals surface area (Å²) >= 11 is 1.75. The van der Waals surface area contributed by atoms with Crippen molar-refractivity contribution < 1.29 is 0 Å². The first-order valence-corrected chi connectivity index (χ1v) is 9.42. The minimum Gasteiger partial charge on any atom is -0.371 e. The summed E-state index contributed by atoms with van der Waals surface area (Å²) in [4.78, 5) is 9.37. The van der Waals surface area contributed by atoms with E-state index in [-0.39, 0.29) is 0 Å². The number of piperidine rings is 1. The van der Waals surface area contributed by atoms with Crippen LogP contribution in [0.15, 0.2) is 35.8 Å². The molecule has 0 bridgehead atoms. The van der Waals surface area contributed by atoms with Gasteiger partial charge in [0.05, 0.1) is 18.2 Å². The molecular formula is C19H22N4S. The van der Waals surface area contributed by atoms with Crippen LogP contribution >= 0.6 is 11.3 Å². The number of aromatic nitrogens is 1. The highest BCUT2D eigenvalue weighted by atomic mass is 32.1. The minimum absolute atomic E-state index is 0.523. The summed E-state index contributed by atoms with van der Waals surface area (Å²) in [5.74, 6) is 0.